The number of nitrogens with zero attached hydrogens (tertiary/aromatic N) is 7. The topological polar surface area (TPSA) is 126 Å². The lowest BCUT2D eigenvalue weighted by Gasteiger charge is -2.12. The molecule has 13 heteroatoms. The highest BCUT2D eigenvalue weighted by Crippen LogP contribution is 2.42. The summed E-state index contributed by atoms with van der Waals surface area (Å²) in [5, 5.41) is 0. The molecular weight excluding hydrogens is 513 g/mol. The van der Waals surface area contributed by atoms with E-state index in [0.29, 0.717) is 35.2 Å². The van der Waals surface area contributed by atoms with Crippen molar-refractivity contribution >= 4 is 12.0 Å². The number of imidazole rings is 1. The first-order chi connectivity index (χ1) is 18.7. The molecule has 2 N–H and O–H groups in total. The minimum Gasteiger partial charge on any atom is -0.481 e. The van der Waals surface area contributed by atoms with Crippen molar-refractivity contribution in [3.63, 3.8) is 0 Å². The Morgan fingerprint density at radius 2 is 1.97 bits per heavy atom. The van der Waals surface area contributed by atoms with Crippen LogP contribution in [0.2, 0.25) is 0 Å². The van der Waals surface area contributed by atoms with E-state index in [0.717, 1.165) is 30.3 Å². The van der Waals surface area contributed by atoms with Crippen molar-refractivity contribution in [3.8, 4) is 17.3 Å². The van der Waals surface area contributed by atoms with E-state index in [9.17, 15) is 18.0 Å². The van der Waals surface area contributed by atoms with Gasteiger partial charge in [0.25, 0.3) is 5.56 Å². The summed E-state index contributed by atoms with van der Waals surface area (Å²) in [7, 11) is 3.03. The van der Waals surface area contributed by atoms with Crippen LogP contribution >= 0.6 is 0 Å². The van der Waals surface area contributed by atoms with Gasteiger partial charge >= 0.3 is 6.18 Å². The van der Waals surface area contributed by atoms with Crippen molar-refractivity contribution in [2.45, 2.75) is 38.0 Å². The summed E-state index contributed by atoms with van der Waals surface area (Å²) >= 11 is 0. The van der Waals surface area contributed by atoms with E-state index in [-0.39, 0.29) is 23.7 Å². The van der Waals surface area contributed by atoms with Crippen molar-refractivity contribution in [2.24, 2.45) is 12.0 Å². The molecule has 1 aliphatic rings. The Hall–Kier alpha value is -4.55. The van der Waals surface area contributed by atoms with E-state index >= 15 is 0 Å². The quantitative estimate of drug-likeness (QED) is 0.340. The highest BCUT2D eigenvalue weighted by atomic mass is 19.4. The van der Waals surface area contributed by atoms with Crippen molar-refractivity contribution in [1.29, 1.82) is 0 Å². The highest BCUT2D eigenvalue weighted by Gasteiger charge is 2.34. The van der Waals surface area contributed by atoms with Crippen LogP contribution in [0.4, 0.5) is 19.0 Å². The molecule has 1 saturated carbocycles. The van der Waals surface area contributed by atoms with E-state index in [1.165, 1.54) is 34.8 Å². The van der Waals surface area contributed by atoms with Crippen LogP contribution in [0.15, 0.2) is 52.8 Å². The number of hydrogen-bond donors (Lipinski definition) is 1. The average Bonchev–Trinajstić information content (AvgIpc) is 3.68. The number of alkyl halides is 3. The number of rotatable bonds is 8. The average molecular weight is 539 g/mol. The molecule has 0 bridgehead atoms. The zero-order valence-electron chi connectivity index (χ0n) is 21.2. The van der Waals surface area contributed by atoms with E-state index in [1.54, 1.807) is 31.5 Å². The number of aliphatic imine (C=N–C) groups is 1. The minimum atomic E-state index is -4.54. The third-order valence-corrected chi connectivity index (χ3v) is 6.40. The summed E-state index contributed by atoms with van der Waals surface area (Å²) < 4.78 is 47.1. The molecule has 0 unspecified atom stereocenters. The van der Waals surface area contributed by atoms with Gasteiger partial charge in [-0.25, -0.2) is 15.0 Å². The Balaban J connectivity index is 1.35. The number of aromatic nitrogens is 6. The van der Waals surface area contributed by atoms with Crippen LogP contribution < -0.4 is 16.0 Å². The molecule has 202 valence electrons. The van der Waals surface area contributed by atoms with Gasteiger partial charge in [-0.1, -0.05) is 0 Å². The van der Waals surface area contributed by atoms with Gasteiger partial charge in [0.1, 0.15) is 18.0 Å². The van der Waals surface area contributed by atoms with Crippen molar-refractivity contribution in [2.75, 3.05) is 12.8 Å². The Morgan fingerprint density at radius 1 is 1.18 bits per heavy atom. The third kappa shape index (κ3) is 5.52. The summed E-state index contributed by atoms with van der Waals surface area (Å²) in [6.07, 6.45) is 3.01. The Kier molecular flexibility index (Phi) is 6.89. The van der Waals surface area contributed by atoms with Gasteiger partial charge in [0.15, 0.2) is 5.69 Å². The number of nitrogens with two attached hydrogens (primary N) is 1. The summed E-state index contributed by atoms with van der Waals surface area (Å²) in [4.78, 5) is 33.7. The first-order valence-electron chi connectivity index (χ1n) is 12.1. The molecule has 0 atom stereocenters. The summed E-state index contributed by atoms with van der Waals surface area (Å²) in [6.45, 7) is 0.355. The molecule has 0 amide bonds. The standard InChI is InChI=1S/C26H25F3N8O2/c1-36-13-20(26(27,28)29)35-24(36)17-5-7-18(32-10-17)12-37-21(38)8-6-16(23(37)30)9-31-11-19-22(15-3-4-15)33-14-34-25(19)39-2/h5-10,13-15H,3-4,11-12,30H2,1-2H3. The molecule has 5 rings (SSSR count). The Morgan fingerprint density at radius 3 is 2.62 bits per heavy atom. The second-order valence-corrected chi connectivity index (χ2v) is 9.19. The van der Waals surface area contributed by atoms with Crippen LogP contribution in [0, 0.1) is 0 Å². The van der Waals surface area contributed by atoms with Crippen LogP contribution in [-0.2, 0) is 26.3 Å². The number of aryl methyl sites for hydroxylation is 1. The molecule has 1 aliphatic carbocycles. The summed E-state index contributed by atoms with van der Waals surface area (Å²) in [5.41, 5.74) is 8.21. The summed E-state index contributed by atoms with van der Waals surface area (Å²) in [5.74, 6) is 1.20. The van der Waals surface area contributed by atoms with Crippen LogP contribution in [0.3, 0.4) is 0 Å². The predicted octanol–water partition coefficient (Wildman–Crippen LogP) is 3.59. The number of pyridine rings is 2. The van der Waals surface area contributed by atoms with Gasteiger partial charge in [-0.3, -0.25) is 19.3 Å². The molecule has 1 fully saturated rings. The van der Waals surface area contributed by atoms with Crippen LogP contribution in [0.5, 0.6) is 5.88 Å². The van der Waals surface area contributed by atoms with Crippen LogP contribution in [0.25, 0.3) is 11.4 Å². The van der Waals surface area contributed by atoms with E-state index in [2.05, 4.69) is 24.9 Å². The lowest BCUT2D eigenvalue weighted by Crippen LogP contribution is -2.24. The van der Waals surface area contributed by atoms with Crippen molar-refractivity contribution < 1.29 is 17.9 Å². The van der Waals surface area contributed by atoms with Crippen LogP contribution in [0.1, 0.15) is 47.0 Å². The van der Waals surface area contributed by atoms with Crippen LogP contribution in [-0.4, -0.2) is 42.4 Å². The maximum absolute atomic E-state index is 13.0. The number of methoxy groups -OCH3 is 1. The molecule has 0 saturated heterocycles. The number of anilines is 1. The molecule has 4 heterocycles. The maximum atomic E-state index is 13.0. The van der Waals surface area contributed by atoms with Gasteiger partial charge in [0.2, 0.25) is 5.88 Å². The first-order valence-corrected chi connectivity index (χ1v) is 12.1. The van der Waals surface area contributed by atoms with E-state index in [4.69, 9.17) is 10.5 Å². The lowest BCUT2D eigenvalue weighted by molar-refractivity contribution is -0.140. The molecule has 0 aliphatic heterocycles. The van der Waals surface area contributed by atoms with Crippen molar-refractivity contribution in [1.82, 2.24) is 29.1 Å². The Labute approximate surface area is 221 Å². The zero-order chi connectivity index (χ0) is 27.7. The molecule has 0 spiro atoms. The van der Waals surface area contributed by atoms with E-state index < -0.39 is 11.9 Å². The van der Waals surface area contributed by atoms with Crippen molar-refractivity contribution in [3.05, 3.63) is 81.5 Å². The van der Waals surface area contributed by atoms with Gasteiger partial charge in [0.05, 0.1) is 37.2 Å². The molecule has 0 radical (unpaired) electrons. The second kappa shape index (κ2) is 10.3. The Bertz CT molecular complexity index is 1590. The van der Waals surface area contributed by atoms with Gasteiger partial charge in [-0.2, -0.15) is 13.2 Å². The van der Waals surface area contributed by atoms with Gasteiger partial charge in [-0.05, 0) is 31.0 Å². The minimum absolute atomic E-state index is 0.0627. The lowest BCUT2D eigenvalue weighted by atomic mass is 10.1. The van der Waals surface area contributed by atoms with Gasteiger partial charge in [-0.15, -0.1) is 0 Å². The fraction of sp³-hybridized carbons (Fsp3) is 0.308. The number of hydrogen-bond acceptors (Lipinski definition) is 8. The fourth-order valence-corrected chi connectivity index (χ4v) is 4.24. The van der Waals surface area contributed by atoms with Gasteiger partial charge < -0.3 is 15.0 Å². The molecule has 39 heavy (non-hydrogen) atoms. The molecule has 4 aromatic rings. The van der Waals surface area contributed by atoms with E-state index in [1.807, 2.05) is 0 Å². The largest absolute Gasteiger partial charge is 0.481 e. The third-order valence-electron chi connectivity index (χ3n) is 6.40. The molecule has 0 aromatic carbocycles. The number of nitrogen functional groups attached to an aromatic ring is 1. The maximum Gasteiger partial charge on any atom is 0.434 e. The predicted molar refractivity (Wildman–Crippen MR) is 138 cm³/mol. The molecular formula is C26H25F3N8O2. The monoisotopic (exact) mass is 538 g/mol. The van der Waals surface area contributed by atoms with Gasteiger partial charge in [0, 0.05) is 48.8 Å². The fourth-order valence-electron chi connectivity index (χ4n) is 4.24. The second-order valence-electron chi connectivity index (χ2n) is 9.19. The summed E-state index contributed by atoms with van der Waals surface area (Å²) in [6, 6.07) is 6.20. The normalized spacial score (nSPS) is 13.8. The first kappa shape index (κ1) is 26.1. The smallest absolute Gasteiger partial charge is 0.434 e. The molecule has 10 nitrogen and oxygen atoms in total. The number of ether oxygens (including phenoxy) is 1. The SMILES string of the molecule is COc1ncnc(C2CC2)c1CN=Cc1ccc(=O)n(Cc2ccc(-c3nc(C(F)(F)F)cn3C)cn2)c1N. The molecule has 4 aromatic heterocycles. The highest BCUT2D eigenvalue weighted by molar-refractivity contribution is 5.85. The zero-order valence-corrected chi connectivity index (χ0v) is 21.2. The number of halogens is 3.